The third-order valence-corrected chi connectivity index (χ3v) is 2.82. The molecule has 0 spiro atoms. The number of rotatable bonds is 5. The number of nitrogens with zero attached hydrogens (tertiary/aromatic N) is 1. The molecule has 1 heterocycles. The van der Waals surface area contributed by atoms with Crippen LogP contribution in [0.2, 0.25) is 0 Å². The molecule has 0 atom stereocenters. The number of carboxylic acids is 1. The lowest BCUT2D eigenvalue weighted by Gasteiger charge is -2.14. The van der Waals surface area contributed by atoms with Gasteiger partial charge in [0.1, 0.15) is 0 Å². The molecule has 2 aromatic rings. The van der Waals surface area contributed by atoms with E-state index in [1.165, 1.54) is 10.9 Å². The van der Waals surface area contributed by atoms with Crippen molar-refractivity contribution in [3.8, 4) is 0 Å². The summed E-state index contributed by atoms with van der Waals surface area (Å²) >= 11 is 0. The van der Waals surface area contributed by atoms with Crippen LogP contribution in [0.3, 0.4) is 0 Å². The number of nitrogens with one attached hydrogen (secondary N) is 1. The zero-order chi connectivity index (χ0) is 12.3. The van der Waals surface area contributed by atoms with Gasteiger partial charge in [-0.15, -0.1) is 0 Å². The maximum Gasteiger partial charge on any atom is 0.304 e. The summed E-state index contributed by atoms with van der Waals surface area (Å²) in [4.78, 5) is 15.7. The number of para-hydroxylation sites is 1. The molecule has 1 aromatic carbocycles. The predicted octanol–water partition coefficient (Wildman–Crippen LogP) is 2.07. The van der Waals surface area contributed by atoms with Crippen LogP contribution in [0.15, 0.2) is 30.5 Å². The first-order valence-electron chi connectivity index (χ1n) is 5.62. The molecule has 1 aromatic heterocycles. The van der Waals surface area contributed by atoms with E-state index < -0.39 is 5.97 Å². The summed E-state index contributed by atoms with van der Waals surface area (Å²) in [5, 5.41) is 9.83. The van der Waals surface area contributed by atoms with Crippen LogP contribution in [0.25, 0.3) is 10.9 Å². The van der Waals surface area contributed by atoms with Gasteiger partial charge < -0.3 is 15.0 Å². The Labute approximate surface area is 99.9 Å². The smallest absolute Gasteiger partial charge is 0.304 e. The highest BCUT2D eigenvalue weighted by molar-refractivity contribution is 5.82. The molecule has 0 saturated heterocycles. The van der Waals surface area contributed by atoms with Gasteiger partial charge >= 0.3 is 5.97 Å². The van der Waals surface area contributed by atoms with Crippen LogP contribution in [0.4, 0.5) is 0 Å². The second-order valence-corrected chi connectivity index (χ2v) is 4.24. The van der Waals surface area contributed by atoms with Gasteiger partial charge in [-0.3, -0.25) is 4.79 Å². The van der Waals surface area contributed by atoms with Gasteiger partial charge in [-0.05, 0) is 18.7 Å². The Kier molecular flexibility index (Phi) is 3.44. The molecule has 0 bridgehead atoms. The number of hydrogen-bond donors (Lipinski definition) is 2. The van der Waals surface area contributed by atoms with Crippen molar-refractivity contribution in [3.63, 3.8) is 0 Å². The van der Waals surface area contributed by atoms with Gasteiger partial charge in [-0.25, -0.2) is 0 Å². The van der Waals surface area contributed by atoms with Crippen molar-refractivity contribution in [3.05, 3.63) is 36.0 Å². The van der Waals surface area contributed by atoms with Crippen molar-refractivity contribution in [1.29, 1.82) is 0 Å². The largest absolute Gasteiger partial charge is 0.481 e. The molecule has 0 aliphatic rings. The number of aliphatic carboxylic acids is 1. The van der Waals surface area contributed by atoms with Gasteiger partial charge in [0, 0.05) is 30.2 Å². The first-order chi connectivity index (χ1) is 8.16. The zero-order valence-electron chi connectivity index (χ0n) is 9.81. The second-order valence-electron chi connectivity index (χ2n) is 4.24. The molecule has 0 saturated carbocycles. The molecule has 0 aliphatic heterocycles. The molecule has 2 rings (SSSR count). The molecular weight excluding hydrogens is 216 g/mol. The van der Waals surface area contributed by atoms with Crippen LogP contribution in [-0.4, -0.2) is 34.6 Å². The van der Waals surface area contributed by atoms with E-state index in [9.17, 15) is 4.79 Å². The van der Waals surface area contributed by atoms with Crippen molar-refractivity contribution in [2.75, 3.05) is 13.6 Å². The Morgan fingerprint density at radius 2 is 2.18 bits per heavy atom. The van der Waals surface area contributed by atoms with Gasteiger partial charge in [0.25, 0.3) is 0 Å². The number of benzene rings is 1. The highest BCUT2D eigenvalue weighted by Crippen LogP contribution is 2.18. The first-order valence-corrected chi connectivity index (χ1v) is 5.62. The SMILES string of the molecule is CN(CCC(=O)O)Cc1c[nH]c2ccccc12. The number of carboxylic acid groups (broad SMARTS) is 1. The van der Waals surface area contributed by atoms with Crippen molar-refractivity contribution in [2.24, 2.45) is 0 Å². The summed E-state index contributed by atoms with van der Waals surface area (Å²) in [7, 11) is 1.94. The van der Waals surface area contributed by atoms with E-state index in [1.807, 2.05) is 36.3 Å². The number of H-pyrrole nitrogens is 1. The molecule has 0 aliphatic carbocycles. The van der Waals surface area contributed by atoms with E-state index in [4.69, 9.17) is 5.11 Å². The van der Waals surface area contributed by atoms with Gasteiger partial charge in [-0.1, -0.05) is 18.2 Å². The van der Waals surface area contributed by atoms with Crippen molar-refractivity contribution in [2.45, 2.75) is 13.0 Å². The van der Waals surface area contributed by atoms with Crippen LogP contribution < -0.4 is 0 Å². The molecular formula is C13H16N2O2. The van der Waals surface area contributed by atoms with E-state index in [-0.39, 0.29) is 6.42 Å². The minimum absolute atomic E-state index is 0.179. The van der Waals surface area contributed by atoms with Gasteiger partial charge in [0.2, 0.25) is 0 Å². The molecule has 0 amide bonds. The van der Waals surface area contributed by atoms with Crippen LogP contribution in [0.1, 0.15) is 12.0 Å². The highest BCUT2D eigenvalue weighted by Gasteiger charge is 2.07. The van der Waals surface area contributed by atoms with E-state index in [0.717, 1.165) is 12.1 Å². The second kappa shape index (κ2) is 5.01. The summed E-state index contributed by atoms with van der Waals surface area (Å²) in [6, 6.07) is 8.12. The molecule has 90 valence electrons. The van der Waals surface area contributed by atoms with Crippen LogP contribution in [0, 0.1) is 0 Å². The quantitative estimate of drug-likeness (QED) is 0.829. The van der Waals surface area contributed by atoms with Crippen molar-refractivity contribution in [1.82, 2.24) is 9.88 Å². The van der Waals surface area contributed by atoms with E-state index in [1.54, 1.807) is 0 Å². The fourth-order valence-corrected chi connectivity index (χ4v) is 1.92. The molecule has 0 unspecified atom stereocenters. The summed E-state index contributed by atoms with van der Waals surface area (Å²) in [6.07, 6.45) is 2.17. The topological polar surface area (TPSA) is 56.3 Å². The molecule has 2 N–H and O–H groups in total. The average Bonchev–Trinajstić information content (AvgIpc) is 2.70. The highest BCUT2D eigenvalue weighted by atomic mass is 16.4. The Hall–Kier alpha value is -1.81. The molecule has 4 heteroatoms. The number of aromatic nitrogens is 1. The van der Waals surface area contributed by atoms with Crippen molar-refractivity contribution < 1.29 is 9.90 Å². The Morgan fingerprint density at radius 1 is 1.41 bits per heavy atom. The maximum atomic E-state index is 10.5. The lowest BCUT2D eigenvalue weighted by molar-refractivity contribution is -0.137. The molecule has 0 fully saturated rings. The minimum atomic E-state index is -0.754. The Balaban J connectivity index is 2.05. The lowest BCUT2D eigenvalue weighted by atomic mass is 10.1. The van der Waals surface area contributed by atoms with Crippen LogP contribution in [-0.2, 0) is 11.3 Å². The summed E-state index contributed by atoms with van der Waals surface area (Å²) in [5.41, 5.74) is 2.32. The number of aromatic amines is 1. The summed E-state index contributed by atoms with van der Waals surface area (Å²) in [6.45, 7) is 1.33. The van der Waals surface area contributed by atoms with E-state index in [0.29, 0.717) is 6.54 Å². The summed E-state index contributed by atoms with van der Waals surface area (Å²) in [5.74, 6) is -0.754. The maximum absolute atomic E-state index is 10.5. The molecule has 4 nitrogen and oxygen atoms in total. The monoisotopic (exact) mass is 232 g/mol. The zero-order valence-corrected chi connectivity index (χ0v) is 9.81. The average molecular weight is 232 g/mol. The number of carbonyl (C=O) groups is 1. The number of fused-ring (bicyclic) bond motifs is 1. The van der Waals surface area contributed by atoms with Gasteiger partial charge in [0.05, 0.1) is 6.42 Å². The lowest BCUT2D eigenvalue weighted by Crippen LogP contribution is -2.21. The van der Waals surface area contributed by atoms with Crippen LogP contribution in [0.5, 0.6) is 0 Å². The molecule has 0 radical (unpaired) electrons. The third-order valence-electron chi connectivity index (χ3n) is 2.82. The summed E-state index contributed by atoms with van der Waals surface area (Å²) < 4.78 is 0. The standard InChI is InChI=1S/C13H16N2O2/c1-15(7-6-13(16)17)9-10-8-14-12-5-3-2-4-11(10)12/h2-5,8,14H,6-7,9H2,1H3,(H,16,17). The van der Waals surface area contributed by atoms with Gasteiger partial charge in [-0.2, -0.15) is 0 Å². The van der Waals surface area contributed by atoms with Crippen LogP contribution >= 0.6 is 0 Å². The number of hydrogen-bond acceptors (Lipinski definition) is 2. The molecule has 17 heavy (non-hydrogen) atoms. The minimum Gasteiger partial charge on any atom is -0.481 e. The Bertz CT molecular complexity index is 519. The van der Waals surface area contributed by atoms with E-state index >= 15 is 0 Å². The first kappa shape index (κ1) is 11.7. The van der Waals surface area contributed by atoms with Crippen molar-refractivity contribution >= 4 is 16.9 Å². The van der Waals surface area contributed by atoms with Gasteiger partial charge in [0.15, 0.2) is 0 Å². The normalized spacial score (nSPS) is 11.2. The third kappa shape index (κ3) is 2.85. The Morgan fingerprint density at radius 3 is 2.94 bits per heavy atom. The fourth-order valence-electron chi connectivity index (χ4n) is 1.92. The van der Waals surface area contributed by atoms with E-state index in [2.05, 4.69) is 11.1 Å². The predicted molar refractivity (Wildman–Crippen MR) is 66.9 cm³/mol. The fraction of sp³-hybridized carbons (Fsp3) is 0.308.